The molecule has 0 unspecified atom stereocenters. The smallest absolute Gasteiger partial charge is 0.455 e. The molecule has 0 aromatic heterocycles. The van der Waals surface area contributed by atoms with Crippen molar-refractivity contribution in [1.82, 2.24) is 4.90 Å². The second-order valence-corrected chi connectivity index (χ2v) is 12.1. The Bertz CT molecular complexity index is 1350. The molecular weight excluding hydrogens is 513 g/mol. The third kappa shape index (κ3) is 5.42. The number of aromatic hydroxyl groups is 1. The predicted molar refractivity (Wildman–Crippen MR) is 160 cm³/mol. The zero-order valence-corrected chi connectivity index (χ0v) is 23.9. The van der Waals surface area contributed by atoms with Crippen molar-refractivity contribution in [3.05, 3.63) is 76.9 Å². The average Bonchev–Trinajstić information content (AvgIpc) is 3.25. The van der Waals surface area contributed by atoms with Gasteiger partial charge in [-0.15, -0.1) is 0 Å². The Morgan fingerprint density at radius 1 is 1.00 bits per heavy atom. The van der Waals surface area contributed by atoms with Gasteiger partial charge in [0.15, 0.2) is 0 Å². The largest absolute Gasteiger partial charge is 0.507 e. The van der Waals surface area contributed by atoms with Gasteiger partial charge in [0, 0.05) is 11.6 Å². The van der Waals surface area contributed by atoms with Crippen LogP contribution in [-0.2, 0) is 14.2 Å². The van der Waals surface area contributed by atoms with E-state index in [1.54, 1.807) is 11.0 Å². The molecule has 4 atom stereocenters. The van der Waals surface area contributed by atoms with Crippen LogP contribution in [0.15, 0.2) is 65.7 Å². The van der Waals surface area contributed by atoms with Crippen molar-refractivity contribution < 1.29 is 24.4 Å². The summed E-state index contributed by atoms with van der Waals surface area (Å²) in [4.78, 5) is 29.2. The summed E-state index contributed by atoms with van der Waals surface area (Å²) in [7, 11) is -0.973. The summed E-state index contributed by atoms with van der Waals surface area (Å²) in [6.07, 6.45) is 9.86. The van der Waals surface area contributed by atoms with E-state index in [9.17, 15) is 19.7 Å². The van der Waals surface area contributed by atoms with E-state index in [2.05, 4.69) is 19.1 Å². The van der Waals surface area contributed by atoms with Crippen molar-refractivity contribution in [3.63, 3.8) is 0 Å². The van der Waals surface area contributed by atoms with Crippen LogP contribution in [0.4, 0.5) is 0 Å². The van der Waals surface area contributed by atoms with E-state index in [1.807, 2.05) is 42.5 Å². The Labute approximate surface area is 243 Å². The molecule has 7 heteroatoms. The number of allylic oxidation sites excluding steroid dienone is 2. The van der Waals surface area contributed by atoms with Gasteiger partial charge in [-0.05, 0) is 79.6 Å². The molecule has 0 spiro atoms. The summed E-state index contributed by atoms with van der Waals surface area (Å²) < 4.78 is 6.21. The SMILES string of the molecule is CCC1=C2[C@@H](CC/C(=C/c3ccccc3O)c3ccccc3)OB(O)C[C@@H]2[C@@H]2C(=O)N(C3CCCCC3)C(=O)[C@@H]2C1. The first kappa shape index (κ1) is 28.0. The van der Waals surface area contributed by atoms with Crippen molar-refractivity contribution in [1.29, 1.82) is 0 Å². The first-order valence-corrected chi connectivity index (χ1v) is 15.4. The fourth-order valence-corrected chi connectivity index (χ4v) is 7.86. The number of carbonyl (C=O) groups excluding carboxylic acids is 2. The zero-order chi connectivity index (χ0) is 28.5. The van der Waals surface area contributed by atoms with Crippen LogP contribution in [0.3, 0.4) is 0 Å². The van der Waals surface area contributed by atoms with Gasteiger partial charge in [-0.3, -0.25) is 14.5 Å². The highest BCUT2D eigenvalue weighted by Crippen LogP contribution is 2.52. The van der Waals surface area contributed by atoms with Crippen molar-refractivity contribution >= 4 is 30.6 Å². The highest BCUT2D eigenvalue weighted by atomic mass is 16.5. The minimum Gasteiger partial charge on any atom is -0.507 e. The van der Waals surface area contributed by atoms with Crippen LogP contribution in [-0.4, -0.2) is 46.1 Å². The lowest BCUT2D eigenvalue weighted by Crippen LogP contribution is -2.46. The lowest BCUT2D eigenvalue weighted by atomic mass is 9.58. The maximum Gasteiger partial charge on any atom is 0.455 e. The predicted octanol–water partition coefficient (Wildman–Crippen LogP) is 6.25. The van der Waals surface area contributed by atoms with E-state index in [1.165, 1.54) is 12.0 Å². The van der Waals surface area contributed by atoms with E-state index < -0.39 is 13.0 Å². The second kappa shape index (κ2) is 12.0. The number of likely N-dealkylation sites (tertiary alicyclic amines) is 1. The van der Waals surface area contributed by atoms with Crippen molar-refractivity contribution in [2.45, 2.75) is 83.2 Å². The maximum atomic E-state index is 13.9. The number of imide groups is 1. The number of nitrogens with zero attached hydrogens (tertiary/aromatic N) is 1. The van der Waals surface area contributed by atoms with Crippen molar-refractivity contribution in [3.8, 4) is 5.75 Å². The molecule has 2 aliphatic carbocycles. The fourth-order valence-electron chi connectivity index (χ4n) is 7.86. The highest BCUT2D eigenvalue weighted by Gasteiger charge is 2.58. The first-order valence-electron chi connectivity index (χ1n) is 15.4. The quantitative estimate of drug-likeness (QED) is 0.183. The van der Waals surface area contributed by atoms with Gasteiger partial charge in [0.1, 0.15) is 5.75 Å². The first-order chi connectivity index (χ1) is 20.0. The third-order valence-electron chi connectivity index (χ3n) is 9.80. The van der Waals surface area contributed by atoms with Crippen LogP contribution in [0.25, 0.3) is 11.6 Å². The Kier molecular flexibility index (Phi) is 8.18. The van der Waals surface area contributed by atoms with Crippen LogP contribution < -0.4 is 0 Å². The number of amides is 2. The summed E-state index contributed by atoms with van der Waals surface area (Å²) in [6.45, 7) is 2.12. The fraction of sp³-hybridized carbons (Fsp3) is 0.471. The number of phenols is 1. The van der Waals surface area contributed by atoms with Gasteiger partial charge in [-0.25, -0.2) is 0 Å². The van der Waals surface area contributed by atoms with E-state index in [-0.39, 0.29) is 41.5 Å². The molecule has 2 heterocycles. The molecule has 6 rings (SSSR count). The summed E-state index contributed by atoms with van der Waals surface area (Å²) in [5.41, 5.74) is 5.24. The van der Waals surface area contributed by atoms with Crippen LogP contribution >= 0.6 is 0 Å². The zero-order valence-electron chi connectivity index (χ0n) is 23.9. The molecule has 214 valence electrons. The van der Waals surface area contributed by atoms with Gasteiger partial charge in [-0.2, -0.15) is 0 Å². The van der Waals surface area contributed by atoms with Crippen LogP contribution in [0, 0.1) is 17.8 Å². The Morgan fingerprint density at radius 2 is 1.73 bits per heavy atom. The minimum absolute atomic E-state index is 0.00592. The van der Waals surface area contributed by atoms with Crippen molar-refractivity contribution in [2.75, 3.05) is 0 Å². The number of rotatable bonds is 7. The molecule has 2 saturated heterocycles. The molecule has 2 amide bonds. The Balaban J connectivity index is 1.30. The molecule has 41 heavy (non-hydrogen) atoms. The lowest BCUT2D eigenvalue weighted by Gasteiger charge is -2.43. The number of hydrogen-bond acceptors (Lipinski definition) is 5. The molecule has 2 aliphatic heterocycles. The topological polar surface area (TPSA) is 87.1 Å². The van der Waals surface area contributed by atoms with Gasteiger partial charge in [0.2, 0.25) is 11.8 Å². The van der Waals surface area contributed by atoms with Crippen LogP contribution in [0.5, 0.6) is 5.75 Å². The molecule has 6 nitrogen and oxygen atoms in total. The minimum atomic E-state index is -0.973. The van der Waals surface area contributed by atoms with Crippen LogP contribution in [0.2, 0.25) is 6.32 Å². The number of hydrogen-bond donors (Lipinski definition) is 2. The molecule has 1 saturated carbocycles. The van der Waals surface area contributed by atoms with Crippen LogP contribution in [0.1, 0.15) is 75.8 Å². The lowest BCUT2D eigenvalue weighted by molar-refractivity contribution is -0.143. The number of carbonyl (C=O) groups is 2. The maximum absolute atomic E-state index is 13.9. The molecule has 2 N–H and O–H groups in total. The number of fused-ring (bicyclic) bond motifs is 3. The van der Waals surface area contributed by atoms with E-state index in [4.69, 9.17) is 4.65 Å². The molecule has 0 bridgehead atoms. The summed E-state index contributed by atoms with van der Waals surface area (Å²) in [5, 5.41) is 21.4. The number of para-hydroxylation sites is 1. The highest BCUT2D eigenvalue weighted by molar-refractivity contribution is 6.43. The molecule has 2 aromatic rings. The third-order valence-corrected chi connectivity index (χ3v) is 9.80. The van der Waals surface area contributed by atoms with Gasteiger partial charge in [-0.1, -0.05) is 80.3 Å². The Morgan fingerprint density at radius 3 is 2.46 bits per heavy atom. The van der Waals surface area contributed by atoms with E-state index >= 15 is 0 Å². The molecule has 2 aromatic carbocycles. The van der Waals surface area contributed by atoms with Gasteiger partial charge in [0.05, 0.1) is 17.9 Å². The van der Waals surface area contributed by atoms with Gasteiger partial charge >= 0.3 is 7.12 Å². The number of phenolic OH excluding ortho intramolecular Hbond substituents is 1. The van der Waals surface area contributed by atoms with E-state index in [0.29, 0.717) is 25.6 Å². The monoisotopic (exact) mass is 553 g/mol. The summed E-state index contributed by atoms with van der Waals surface area (Å²) in [6, 6.07) is 17.5. The van der Waals surface area contributed by atoms with Crippen molar-refractivity contribution in [2.24, 2.45) is 17.8 Å². The normalized spacial score (nSPS) is 27.3. The summed E-state index contributed by atoms with van der Waals surface area (Å²) >= 11 is 0. The average molecular weight is 554 g/mol. The molecular formula is C34H40BNO5. The van der Waals surface area contributed by atoms with E-state index in [0.717, 1.165) is 54.4 Å². The second-order valence-electron chi connectivity index (χ2n) is 12.1. The number of benzene rings is 2. The molecule has 0 radical (unpaired) electrons. The van der Waals surface area contributed by atoms with Gasteiger partial charge in [0.25, 0.3) is 0 Å². The summed E-state index contributed by atoms with van der Waals surface area (Å²) in [5.74, 6) is -0.689. The van der Waals surface area contributed by atoms with Gasteiger partial charge < -0.3 is 14.8 Å². The Hall–Kier alpha value is -3.16. The molecule has 3 fully saturated rings. The molecule has 4 aliphatic rings. The standard InChI is InChI=1S/C34H40BNO5/c1-2-22-20-27-32(34(39)36(33(27)38)26-14-7-4-8-15-26)28-21-35(40)41-30(31(22)28)18-17-24(23-11-5-3-6-12-23)19-25-13-9-10-16-29(25)37/h3,5-6,9-13,16,19,26-28,30,32,37,40H,2,4,7-8,14-15,17-18,20-21H2,1H3/b24-19-/t27-,28+,30-,32-/m1/s1.